The summed E-state index contributed by atoms with van der Waals surface area (Å²) in [4.78, 5) is 19.5. The number of carbonyl (C=O) groups is 1. The molecule has 106 valence electrons. The molecule has 0 aromatic carbocycles. The molecule has 2 aromatic heterocycles. The standard InChI is InChI=1S/C14H15ClN2OS2/c1-3-6-17(8-12-4-5-13(15)20-12)14(18)7-11-9-19-10(2)16-11/h3-5,9H,1,6-8H2,2H3. The van der Waals surface area contributed by atoms with Crippen LogP contribution in [0, 0.1) is 6.92 Å². The van der Waals surface area contributed by atoms with Gasteiger partial charge in [0, 0.05) is 16.8 Å². The summed E-state index contributed by atoms with van der Waals surface area (Å²) in [7, 11) is 0. The fourth-order valence-corrected chi connectivity index (χ4v) is 3.51. The minimum Gasteiger partial charge on any atom is -0.334 e. The quantitative estimate of drug-likeness (QED) is 0.754. The van der Waals surface area contributed by atoms with Crippen LogP contribution in [0.1, 0.15) is 15.6 Å². The van der Waals surface area contributed by atoms with Crippen LogP contribution in [-0.4, -0.2) is 22.3 Å². The Morgan fingerprint density at radius 3 is 2.90 bits per heavy atom. The van der Waals surface area contributed by atoms with Crippen molar-refractivity contribution in [2.45, 2.75) is 19.9 Å². The molecule has 0 radical (unpaired) electrons. The minimum absolute atomic E-state index is 0.0553. The number of hydrogen-bond donors (Lipinski definition) is 0. The normalized spacial score (nSPS) is 10.5. The highest BCUT2D eigenvalue weighted by Gasteiger charge is 2.15. The summed E-state index contributed by atoms with van der Waals surface area (Å²) in [5.74, 6) is 0.0553. The fourth-order valence-electron chi connectivity index (χ4n) is 1.79. The van der Waals surface area contributed by atoms with Gasteiger partial charge in [-0.3, -0.25) is 4.79 Å². The van der Waals surface area contributed by atoms with E-state index in [2.05, 4.69) is 11.6 Å². The predicted molar refractivity (Wildman–Crippen MR) is 85.5 cm³/mol. The Labute approximate surface area is 131 Å². The van der Waals surface area contributed by atoms with Crippen molar-refractivity contribution in [1.29, 1.82) is 0 Å². The Morgan fingerprint density at radius 2 is 2.35 bits per heavy atom. The predicted octanol–water partition coefficient (Wildman–Crippen LogP) is 3.92. The van der Waals surface area contributed by atoms with Crippen LogP contribution >= 0.6 is 34.3 Å². The van der Waals surface area contributed by atoms with Gasteiger partial charge in [0.15, 0.2) is 0 Å². The molecule has 0 bridgehead atoms. The fraction of sp³-hybridized carbons (Fsp3) is 0.286. The van der Waals surface area contributed by atoms with E-state index in [1.54, 1.807) is 22.3 Å². The summed E-state index contributed by atoms with van der Waals surface area (Å²) in [6, 6.07) is 3.80. The van der Waals surface area contributed by atoms with Crippen molar-refractivity contribution in [3.63, 3.8) is 0 Å². The van der Waals surface area contributed by atoms with Crippen LogP contribution < -0.4 is 0 Å². The Hall–Kier alpha value is -1.17. The SMILES string of the molecule is C=CCN(Cc1ccc(Cl)s1)C(=O)Cc1csc(C)n1. The first-order chi connectivity index (χ1) is 9.58. The van der Waals surface area contributed by atoms with Crippen LogP contribution in [0.3, 0.4) is 0 Å². The Balaban J connectivity index is 2.03. The molecule has 6 heteroatoms. The maximum absolute atomic E-state index is 12.3. The monoisotopic (exact) mass is 326 g/mol. The van der Waals surface area contributed by atoms with E-state index in [4.69, 9.17) is 11.6 Å². The zero-order valence-corrected chi connectivity index (χ0v) is 13.5. The molecule has 0 saturated carbocycles. The molecule has 0 aliphatic heterocycles. The largest absolute Gasteiger partial charge is 0.334 e. The van der Waals surface area contributed by atoms with Crippen LogP contribution in [0.25, 0.3) is 0 Å². The average Bonchev–Trinajstić information content (AvgIpc) is 2.98. The second kappa shape index (κ2) is 7.02. The second-order valence-corrected chi connectivity index (χ2v) is 7.17. The van der Waals surface area contributed by atoms with Crippen LogP contribution in [0.2, 0.25) is 4.34 Å². The topological polar surface area (TPSA) is 33.2 Å². The molecule has 0 aliphatic rings. The number of aryl methyl sites for hydroxylation is 1. The van der Waals surface area contributed by atoms with Crippen molar-refractivity contribution in [2.75, 3.05) is 6.54 Å². The molecule has 3 nitrogen and oxygen atoms in total. The van der Waals surface area contributed by atoms with Gasteiger partial charge in [-0.2, -0.15) is 0 Å². The average molecular weight is 327 g/mol. The molecule has 0 saturated heterocycles. The van der Waals surface area contributed by atoms with Crippen LogP contribution in [0.15, 0.2) is 30.2 Å². The molecule has 2 rings (SSSR count). The molecule has 20 heavy (non-hydrogen) atoms. The summed E-state index contributed by atoms with van der Waals surface area (Å²) in [6.45, 7) is 6.74. The molecule has 0 fully saturated rings. The Morgan fingerprint density at radius 1 is 1.55 bits per heavy atom. The lowest BCUT2D eigenvalue weighted by Crippen LogP contribution is -2.31. The first-order valence-corrected chi connectivity index (χ1v) is 8.20. The number of halogens is 1. The van der Waals surface area contributed by atoms with E-state index in [0.29, 0.717) is 19.5 Å². The highest BCUT2D eigenvalue weighted by atomic mass is 35.5. The molecular formula is C14H15ClN2OS2. The number of thiazole rings is 1. The lowest BCUT2D eigenvalue weighted by Gasteiger charge is -2.20. The van der Waals surface area contributed by atoms with Gasteiger partial charge in [-0.05, 0) is 19.1 Å². The maximum Gasteiger partial charge on any atom is 0.229 e. The summed E-state index contributed by atoms with van der Waals surface area (Å²) in [6.07, 6.45) is 2.07. The van der Waals surface area contributed by atoms with Gasteiger partial charge in [-0.1, -0.05) is 17.7 Å². The number of thiophene rings is 1. The smallest absolute Gasteiger partial charge is 0.229 e. The third-order valence-corrected chi connectivity index (χ3v) is 4.71. The highest BCUT2D eigenvalue weighted by molar-refractivity contribution is 7.16. The van der Waals surface area contributed by atoms with E-state index in [1.807, 2.05) is 24.4 Å². The van der Waals surface area contributed by atoms with E-state index >= 15 is 0 Å². The van der Waals surface area contributed by atoms with Gasteiger partial charge < -0.3 is 4.90 Å². The van der Waals surface area contributed by atoms with E-state index in [0.717, 1.165) is 19.9 Å². The molecule has 1 amide bonds. The van der Waals surface area contributed by atoms with Gasteiger partial charge in [0.05, 0.1) is 28.0 Å². The van der Waals surface area contributed by atoms with Crippen LogP contribution in [0.5, 0.6) is 0 Å². The van der Waals surface area contributed by atoms with E-state index in [1.165, 1.54) is 11.3 Å². The van der Waals surface area contributed by atoms with Crippen LogP contribution in [0.4, 0.5) is 0 Å². The summed E-state index contributed by atoms with van der Waals surface area (Å²) in [5, 5.41) is 2.91. The summed E-state index contributed by atoms with van der Waals surface area (Å²) < 4.78 is 0.737. The number of aromatic nitrogens is 1. The number of rotatable bonds is 6. The summed E-state index contributed by atoms with van der Waals surface area (Å²) >= 11 is 8.97. The molecule has 0 atom stereocenters. The van der Waals surface area contributed by atoms with E-state index < -0.39 is 0 Å². The van der Waals surface area contributed by atoms with Gasteiger partial charge in [-0.15, -0.1) is 29.3 Å². The Bertz CT molecular complexity index is 606. The number of carbonyl (C=O) groups excluding carboxylic acids is 1. The molecular weight excluding hydrogens is 312 g/mol. The van der Waals surface area contributed by atoms with Crippen molar-refractivity contribution in [1.82, 2.24) is 9.88 Å². The molecule has 0 N–H and O–H groups in total. The van der Waals surface area contributed by atoms with Gasteiger partial charge in [0.1, 0.15) is 0 Å². The van der Waals surface area contributed by atoms with E-state index in [9.17, 15) is 4.79 Å². The zero-order chi connectivity index (χ0) is 14.5. The highest BCUT2D eigenvalue weighted by Crippen LogP contribution is 2.23. The lowest BCUT2D eigenvalue weighted by atomic mass is 10.3. The van der Waals surface area contributed by atoms with Crippen LogP contribution in [-0.2, 0) is 17.8 Å². The first kappa shape index (κ1) is 15.2. The minimum atomic E-state index is 0.0553. The molecule has 0 spiro atoms. The lowest BCUT2D eigenvalue weighted by molar-refractivity contribution is -0.130. The maximum atomic E-state index is 12.3. The second-order valence-electron chi connectivity index (χ2n) is 4.30. The number of hydrogen-bond acceptors (Lipinski definition) is 4. The van der Waals surface area contributed by atoms with Crippen molar-refractivity contribution >= 4 is 40.2 Å². The molecule has 2 heterocycles. The summed E-state index contributed by atoms with van der Waals surface area (Å²) in [5.41, 5.74) is 0.829. The van der Waals surface area contributed by atoms with Gasteiger partial charge in [0.25, 0.3) is 0 Å². The Kier molecular flexibility index (Phi) is 5.34. The van der Waals surface area contributed by atoms with Gasteiger partial charge in [0.2, 0.25) is 5.91 Å². The van der Waals surface area contributed by atoms with Crippen molar-refractivity contribution in [2.24, 2.45) is 0 Å². The number of nitrogens with zero attached hydrogens (tertiary/aromatic N) is 2. The third kappa shape index (κ3) is 4.16. The van der Waals surface area contributed by atoms with Crippen molar-refractivity contribution in [3.8, 4) is 0 Å². The number of amides is 1. The van der Waals surface area contributed by atoms with Gasteiger partial charge in [-0.25, -0.2) is 4.98 Å². The third-order valence-electron chi connectivity index (χ3n) is 2.68. The molecule has 2 aromatic rings. The van der Waals surface area contributed by atoms with E-state index in [-0.39, 0.29) is 5.91 Å². The molecule has 0 aliphatic carbocycles. The van der Waals surface area contributed by atoms with Crippen molar-refractivity contribution < 1.29 is 4.79 Å². The van der Waals surface area contributed by atoms with Gasteiger partial charge >= 0.3 is 0 Å². The molecule has 0 unspecified atom stereocenters. The first-order valence-electron chi connectivity index (χ1n) is 6.12. The zero-order valence-electron chi connectivity index (χ0n) is 11.1. The van der Waals surface area contributed by atoms with Crippen molar-refractivity contribution in [3.05, 3.63) is 50.1 Å².